The highest BCUT2D eigenvalue weighted by atomic mass is 35.5. The van der Waals surface area contributed by atoms with E-state index >= 15 is 0 Å². The zero-order valence-electron chi connectivity index (χ0n) is 17.6. The van der Waals surface area contributed by atoms with E-state index in [0.717, 1.165) is 28.3 Å². The molecule has 4 aromatic rings. The van der Waals surface area contributed by atoms with E-state index in [9.17, 15) is 4.39 Å². The summed E-state index contributed by atoms with van der Waals surface area (Å²) in [5, 5.41) is 5.88. The molecule has 7 heteroatoms. The normalized spacial score (nSPS) is 25.5. The maximum absolute atomic E-state index is 14.1. The van der Waals surface area contributed by atoms with E-state index in [1.807, 2.05) is 24.0 Å². The monoisotopic (exact) mass is 437 g/mol. The zero-order chi connectivity index (χ0) is 21.3. The topological polar surface area (TPSA) is 58.5 Å². The van der Waals surface area contributed by atoms with Gasteiger partial charge in [0.15, 0.2) is 5.82 Å². The Bertz CT molecular complexity index is 1300. The Labute approximate surface area is 185 Å². The Morgan fingerprint density at radius 1 is 1.13 bits per heavy atom. The molecular formula is C24H25ClFN5. The van der Waals surface area contributed by atoms with Gasteiger partial charge in [0, 0.05) is 36.4 Å². The molecule has 5 nitrogen and oxygen atoms in total. The molecule has 0 spiro atoms. The number of aromatic nitrogens is 4. The highest BCUT2D eigenvalue weighted by molar-refractivity contribution is 6.35. The van der Waals surface area contributed by atoms with E-state index in [2.05, 4.69) is 23.3 Å². The third-order valence-corrected chi connectivity index (χ3v) is 7.91. The second kappa shape index (κ2) is 6.95. The van der Waals surface area contributed by atoms with Crippen molar-refractivity contribution in [3.63, 3.8) is 0 Å². The molecule has 160 valence electrons. The first-order valence-electron chi connectivity index (χ1n) is 11.1. The van der Waals surface area contributed by atoms with Gasteiger partial charge in [0.2, 0.25) is 0 Å². The van der Waals surface area contributed by atoms with Crippen LogP contribution in [0.2, 0.25) is 5.02 Å². The maximum atomic E-state index is 14.1. The van der Waals surface area contributed by atoms with Crippen molar-refractivity contribution in [3.05, 3.63) is 41.4 Å². The molecular weight excluding hydrogens is 413 g/mol. The largest absolute Gasteiger partial charge is 0.366 e. The highest BCUT2D eigenvalue weighted by Crippen LogP contribution is 2.46. The smallest absolute Gasteiger partial charge is 0.166 e. The van der Waals surface area contributed by atoms with E-state index in [4.69, 9.17) is 21.6 Å². The van der Waals surface area contributed by atoms with Crippen LogP contribution in [-0.4, -0.2) is 25.6 Å². The lowest BCUT2D eigenvalue weighted by molar-refractivity contribution is 0.0929. The minimum absolute atomic E-state index is 0.353. The van der Waals surface area contributed by atoms with E-state index in [-0.39, 0.29) is 5.82 Å². The number of nitrogens with one attached hydrogen (secondary N) is 2. The molecule has 2 bridgehead atoms. The van der Waals surface area contributed by atoms with Gasteiger partial charge in [0.25, 0.3) is 0 Å². The van der Waals surface area contributed by atoms with Gasteiger partial charge in [-0.05, 0) is 61.6 Å². The molecule has 2 atom stereocenters. The van der Waals surface area contributed by atoms with Gasteiger partial charge in [-0.2, -0.15) is 0 Å². The maximum Gasteiger partial charge on any atom is 0.166 e. The van der Waals surface area contributed by atoms with Gasteiger partial charge in [-0.3, -0.25) is 0 Å². The van der Waals surface area contributed by atoms with Crippen LogP contribution in [0.25, 0.3) is 33.3 Å². The van der Waals surface area contributed by atoms with Crippen LogP contribution in [0.1, 0.15) is 32.6 Å². The number of hydrogen-bond acceptors (Lipinski definition) is 3. The van der Waals surface area contributed by atoms with Crippen LogP contribution in [0.15, 0.2) is 30.6 Å². The average Bonchev–Trinajstić information content (AvgIpc) is 3.35. The molecule has 7 rings (SSSR count). The summed E-state index contributed by atoms with van der Waals surface area (Å²) in [5.41, 5.74) is 2.31. The average molecular weight is 438 g/mol. The highest BCUT2D eigenvalue weighted by Gasteiger charge is 2.41. The minimum Gasteiger partial charge on any atom is -0.366 e. The summed E-state index contributed by atoms with van der Waals surface area (Å²) in [5.74, 6) is 3.18. The van der Waals surface area contributed by atoms with Gasteiger partial charge >= 0.3 is 0 Å². The first kappa shape index (κ1) is 19.1. The summed E-state index contributed by atoms with van der Waals surface area (Å²) in [6.07, 6.45) is 9.11. The number of fused-ring (bicyclic) bond motifs is 5. The van der Waals surface area contributed by atoms with E-state index in [1.165, 1.54) is 37.8 Å². The molecule has 0 amide bonds. The Hall–Kier alpha value is -2.60. The van der Waals surface area contributed by atoms with Gasteiger partial charge in [-0.25, -0.2) is 14.4 Å². The molecule has 3 aliphatic carbocycles. The number of H-pyrrole nitrogens is 1. The van der Waals surface area contributed by atoms with Crippen LogP contribution in [0, 0.1) is 23.6 Å². The first-order chi connectivity index (χ1) is 15.0. The van der Waals surface area contributed by atoms with Crippen LogP contribution in [0.4, 0.5) is 10.2 Å². The van der Waals surface area contributed by atoms with E-state index < -0.39 is 0 Å². The second-order valence-electron chi connectivity index (χ2n) is 9.28. The lowest BCUT2D eigenvalue weighted by atomic mass is 9.62. The van der Waals surface area contributed by atoms with Crippen LogP contribution >= 0.6 is 11.6 Å². The molecule has 31 heavy (non-hydrogen) atoms. The molecule has 3 saturated carbocycles. The number of hydrogen-bond donors (Lipinski definition) is 2. The Balaban J connectivity index is 1.49. The molecule has 3 fully saturated rings. The molecule has 3 aliphatic rings. The predicted molar refractivity (Wildman–Crippen MR) is 123 cm³/mol. The van der Waals surface area contributed by atoms with Crippen LogP contribution in [0.5, 0.6) is 0 Å². The van der Waals surface area contributed by atoms with Crippen molar-refractivity contribution in [2.24, 2.45) is 24.8 Å². The fourth-order valence-electron chi connectivity index (χ4n) is 5.87. The summed E-state index contributed by atoms with van der Waals surface area (Å²) in [4.78, 5) is 13.0. The van der Waals surface area contributed by atoms with Gasteiger partial charge in [-0.15, -0.1) is 0 Å². The minimum atomic E-state index is -0.372. The Morgan fingerprint density at radius 2 is 1.90 bits per heavy atom. The molecule has 0 radical (unpaired) electrons. The number of aryl methyl sites for hydroxylation is 1. The Kier molecular flexibility index (Phi) is 4.29. The van der Waals surface area contributed by atoms with Crippen molar-refractivity contribution >= 4 is 39.4 Å². The van der Waals surface area contributed by atoms with Crippen molar-refractivity contribution in [1.82, 2.24) is 19.5 Å². The fourth-order valence-corrected chi connectivity index (χ4v) is 6.13. The van der Waals surface area contributed by atoms with Crippen LogP contribution < -0.4 is 5.32 Å². The van der Waals surface area contributed by atoms with Crippen LogP contribution in [-0.2, 0) is 7.05 Å². The molecule has 0 unspecified atom stereocenters. The summed E-state index contributed by atoms with van der Waals surface area (Å²) < 4.78 is 16.1. The summed E-state index contributed by atoms with van der Waals surface area (Å²) >= 11 is 6.25. The molecule has 1 aromatic carbocycles. The quantitative estimate of drug-likeness (QED) is 0.404. The molecule has 0 aliphatic heterocycles. The lowest BCUT2D eigenvalue weighted by Gasteiger charge is -2.47. The number of nitrogens with zero attached hydrogens (tertiary/aromatic N) is 3. The first-order valence-corrected chi connectivity index (χ1v) is 11.4. The Morgan fingerprint density at radius 3 is 2.68 bits per heavy atom. The molecule has 0 saturated heterocycles. The number of benzene rings is 1. The lowest BCUT2D eigenvalue weighted by Crippen LogP contribution is -2.47. The SMILES string of the molecule is C[C@H]1C2CCC(CC2)[C@@H]1Nc1nc(-c2c[nH]c3c(Cl)cc(F)cc23)nc2c1ccn2C. The van der Waals surface area contributed by atoms with Crippen molar-refractivity contribution in [3.8, 4) is 11.4 Å². The summed E-state index contributed by atoms with van der Waals surface area (Å²) in [7, 11) is 1.99. The third kappa shape index (κ3) is 2.95. The molecule has 3 aromatic heterocycles. The van der Waals surface area contributed by atoms with Gasteiger partial charge in [0.05, 0.1) is 15.9 Å². The van der Waals surface area contributed by atoms with Crippen molar-refractivity contribution < 1.29 is 4.39 Å². The van der Waals surface area contributed by atoms with Crippen molar-refractivity contribution in [1.29, 1.82) is 0 Å². The molecule has 2 N–H and O–H groups in total. The van der Waals surface area contributed by atoms with Gasteiger partial charge < -0.3 is 14.9 Å². The van der Waals surface area contributed by atoms with Gasteiger partial charge in [0.1, 0.15) is 17.3 Å². The standard InChI is InChI=1S/C24H25ClFN5/c1-12-13-3-5-14(6-4-13)20(12)28-22-16-7-8-31(2)24(16)30-23(29-22)18-11-27-21-17(18)9-15(26)10-19(21)25/h7-14,20,27H,3-6H2,1-2H3,(H,28,29,30)/t12-,13?,14?,20+/m0/s1. The second-order valence-corrected chi connectivity index (χ2v) is 9.68. The molecule has 3 heterocycles. The summed E-state index contributed by atoms with van der Waals surface area (Å²) in [6, 6.07) is 5.30. The van der Waals surface area contributed by atoms with Crippen molar-refractivity contribution in [2.75, 3.05) is 5.32 Å². The number of anilines is 1. The predicted octanol–water partition coefficient (Wildman–Crippen LogP) is 6.15. The fraction of sp³-hybridized carbons (Fsp3) is 0.417. The number of aromatic amines is 1. The number of halogens is 2. The summed E-state index contributed by atoms with van der Waals surface area (Å²) in [6.45, 7) is 2.38. The van der Waals surface area contributed by atoms with E-state index in [1.54, 1.807) is 0 Å². The zero-order valence-corrected chi connectivity index (χ0v) is 18.4. The van der Waals surface area contributed by atoms with Gasteiger partial charge in [-0.1, -0.05) is 18.5 Å². The van der Waals surface area contributed by atoms with Crippen LogP contribution in [0.3, 0.4) is 0 Å². The third-order valence-electron chi connectivity index (χ3n) is 7.61. The number of rotatable bonds is 3. The van der Waals surface area contributed by atoms with Crippen molar-refractivity contribution in [2.45, 2.75) is 38.6 Å². The van der Waals surface area contributed by atoms with E-state index in [0.29, 0.717) is 39.6 Å².